The van der Waals surface area contributed by atoms with Gasteiger partial charge in [-0.1, -0.05) is 53.6 Å². The number of rotatable bonds is 8. The van der Waals surface area contributed by atoms with E-state index in [1.165, 1.54) is 31.3 Å². The van der Waals surface area contributed by atoms with Crippen LogP contribution in [0.15, 0.2) is 66.2 Å². The van der Waals surface area contributed by atoms with Crippen molar-refractivity contribution in [2.75, 3.05) is 25.7 Å². The number of aliphatic hydroxyl groups is 1. The van der Waals surface area contributed by atoms with Gasteiger partial charge in [-0.3, -0.25) is 19.3 Å². The fourth-order valence-electron chi connectivity index (χ4n) is 4.60. The van der Waals surface area contributed by atoms with Crippen molar-refractivity contribution in [1.82, 2.24) is 0 Å². The molecule has 0 bridgehead atoms. The molecule has 1 atom stereocenters. The number of halogens is 1. The Morgan fingerprint density at radius 1 is 1.00 bits per heavy atom. The highest BCUT2D eigenvalue weighted by Gasteiger charge is 2.47. The minimum absolute atomic E-state index is 0.0758. The third-order valence-corrected chi connectivity index (χ3v) is 6.70. The Morgan fingerprint density at radius 3 is 2.31 bits per heavy atom. The van der Waals surface area contributed by atoms with Crippen molar-refractivity contribution in [2.24, 2.45) is 0 Å². The molecule has 1 fully saturated rings. The molecule has 9 heteroatoms. The number of benzene rings is 3. The van der Waals surface area contributed by atoms with E-state index in [0.717, 1.165) is 5.56 Å². The van der Waals surface area contributed by atoms with Crippen molar-refractivity contribution in [3.05, 3.63) is 93.5 Å². The Kier molecular flexibility index (Phi) is 8.26. The van der Waals surface area contributed by atoms with E-state index in [0.29, 0.717) is 16.8 Å². The number of aryl methyl sites for hydroxylation is 1. The molecule has 1 saturated heterocycles. The molecule has 1 aliphatic heterocycles. The Balaban J connectivity index is 1.88. The van der Waals surface area contributed by atoms with Crippen LogP contribution in [-0.4, -0.2) is 43.6 Å². The number of nitrogens with zero attached hydrogens (tertiary/aromatic N) is 1. The van der Waals surface area contributed by atoms with Gasteiger partial charge in [0.15, 0.2) is 0 Å². The van der Waals surface area contributed by atoms with Crippen LogP contribution in [0.3, 0.4) is 0 Å². The van der Waals surface area contributed by atoms with Crippen molar-refractivity contribution < 1.29 is 33.7 Å². The number of aliphatic hydroxyl groups excluding tert-OH is 1. The van der Waals surface area contributed by atoms with Crippen LogP contribution in [0.1, 0.15) is 35.2 Å². The van der Waals surface area contributed by atoms with Gasteiger partial charge in [-0.15, -0.1) is 0 Å². The average molecular weight is 550 g/mol. The molecule has 3 aromatic carbocycles. The summed E-state index contributed by atoms with van der Waals surface area (Å²) in [6.07, 6.45) is 0.0758. The van der Waals surface area contributed by atoms with E-state index in [4.69, 9.17) is 25.8 Å². The number of amides is 1. The second-order valence-electron chi connectivity index (χ2n) is 8.92. The summed E-state index contributed by atoms with van der Waals surface area (Å²) in [7, 11) is 2.83. The smallest absolute Gasteiger partial charge is 0.310 e. The average Bonchev–Trinajstić information content (AvgIpc) is 3.18. The molecule has 0 saturated carbocycles. The lowest BCUT2D eigenvalue weighted by Gasteiger charge is -2.26. The summed E-state index contributed by atoms with van der Waals surface area (Å²) < 4.78 is 15.7. The highest BCUT2D eigenvalue weighted by Crippen LogP contribution is 2.44. The molecule has 39 heavy (non-hydrogen) atoms. The van der Waals surface area contributed by atoms with Gasteiger partial charge in [0, 0.05) is 11.8 Å². The van der Waals surface area contributed by atoms with Gasteiger partial charge < -0.3 is 19.3 Å². The van der Waals surface area contributed by atoms with E-state index >= 15 is 0 Å². The van der Waals surface area contributed by atoms with Gasteiger partial charge in [0.05, 0.1) is 49.4 Å². The summed E-state index contributed by atoms with van der Waals surface area (Å²) in [4.78, 5) is 40.2. The maximum Gasteiger partial charge on any atom is 0.310 e. The van der Waals surface area contributed by atoms with Crippen molar-refractivity contribution in [2.45, 2.75) is 26.3 Å². The molecule has 1 heterocycles. The summed E-state index contributed by atoms with van der Waals surface area (Å²) in [6, 6.07) is 16.1. The Bertz CT molecular complexity index is 1460. The van der Waals surface area contributed by atoms with Crippen LogP contribution >= 0.6 is 11.6 Å². The van der Waals surface area contributed by atoms with E-state index < -0.39 is 23.5 Å². The zero-order valence-electron chi connectivity index (χ0n) is 22.0. The number of anilines is 1. The largest absolute Gasteiger partial charge is 0.507 e. The van der Waals surface area contributed by atoms with Crippen LogP contribution in [0.5, 0.6) is 11.5 Å². The van der Waals surface area contributed by atoms with Gasteiger partial charge in [0.1, 0.15) is 17.3 Å². The van der Waals surface area contributed by atoms with Gasteiger partial charge in [-0.05, 0) is 43.2 Å². The van der Waals surface area contributed by atoms with Gasteiger partial charge >= 0.3 is 5.97 Å². The highest BCUT2D eigenvalue weighted by atomic mass is 35.5. The predicted molar refractivity (Wildman–Crippen MR) is 147 cm³/mol. The van der Waals surface area contributed by atoms with Crippen molar-refractivity contribution in [1.29, 1.82) is 0 Å². The molecule has 0 spiro atoms. The monoisotopic (exact) mass is 549 g/mol. The molecular weight excluding hydrogens is 522 g/mol. The number of esters is 1. The minimum Gasteiger partial charge on any atom is -0.507 e. The zero-order chi connectivity index (χ0) is 28.3. The number of hydrogen-bond donors (Lipinski definition) is 1. The molecule has 1 aliphatic rings. The van der Waals surface area contributed by atoms with Gasteiger partial charge in [0.25, 0.3) is 11.7 Å². The number of methoxy groups -OCH3 is 2. The topological polar surface area (TPSA) is 102 Å². The molecule has 1 N–H and O–H groups in total. The molecular formula is C30H28ClNO7. The standard InChI is InChI=1S/C30H28ClNO7/c1-5-39-25(33)14-18-9-11-20(12-10-18)32-27(19-8-6-7-17(2)13-19)26(29(35)30(32)36)28(34)21-15-24(38-4)22(31)16-23(21)37-3/h6-13,15-16,27,34H,5,14H2,1-4H3/b28-26+. The molecule has 0 aliphatic carbocycles. The molecule has 0 radical (unpaired) electrons. The third-order valence-electron chi connectivity index (χ3n) is 6.40. The second kappa shape index (κ2) is 11.6. The molecule has 8 nitrogen and oxygen atoms in total. The van der Waals surface area contributed by atoms with Gasteiger partial charge in [0.2, 0.25) is 0 Å². The quantitative estimate of drug-likeness (QED) is 0.174. The summed E-state index contributed by atoms with van der Waals surface area (Å²) in [6.45, 7) is 3.91. The number of carbonyl (C=O) groups is 3. The normalized spacial score (nSPS) is 16.3. The fraction of sp³-hybridized carbons (Fsp3) is 0.233. The summed E-state index contributed by atoms with van der Waals surface area (Å²) in [5.41, 5.74) is 2.71. The first-order chi connectivity index (χ1) is 18.7. The number of carbonyl (C=O) groups excluding carboxylic acids is 3. The van der Waals surface area contributed by atoms with E-state index in [9.17, 15) is 19.5 Å². The molecule has 4 rings (SSSR count). The van der Waals surface area contributed by atoms with Crippen LogP contribution in [0.4, 0.5) is 5.69 Å². The first kappa shape index (κ1) is 27.7. The Morgan fingerprint density at radius 2 is 1.69 bits per heavy atom. The lowest BCUT2D eigenvalue weighted by atomic mass is 9.94. The lowest BCUT2D eigenvalue weighted by Crippen LogP contribution is -2.29. The first-order valence-corrected chi connectivity index (χ1v) is 12.6. The summed E-state index contributed by atoms with van der Waals surface area (Å²) >= 11 is 6.24. The minimum atomic E-state index is -0.938. The summed E-state index contributed by atoms with van der Waals surface area (Å²) in [5, 5.41) is 11.8. The van der Waals surface area contributed by atoms with Crippen LogP contribution < -0.4 is 14.4 Å². The number of ketones is 1. The molecule has 1 amide bonds. The number of ether oxygens (including phenoxy) is 3. The Hall–Kier alpha value is -4.30. The maximum atomic E-state index is 13.5. The predicted octanol–water partition coefficient (Wildman–Crippen LogP) is 5.40. The summed E-state index contributed by atoms with van der Waals surface area (Å²) in [5.74, 6) is -1.98. The van der Waals surface area contributed by atoms with Gasteiger partial charge in [-0.25, -0.2) is 0 Å². The maximum absolute atomic E-state index is 13.5. The van der Waals surface area contributed by atoms with E-state index in [1.807, 2.05) is 25.1 Å². The number of Topliss-reactive ketones (excluding diaryl/α,β-unsaturated/α-hetero) is 1. The molecule has 0 aromatic heterocycles. The van der Waals surface area contributed by atoms with E-state index in [2.05, 4.69) is 0 Å². The third kappa shape index (κ3) is 5.47. The first-order valence-electron chi connectivity index (χ1n) is 12.2. The lowest BCUT2D eigenvalue weighted by molar-refractivity contribution is -0.142. The van der Waals surface area contributed by atoms with Crippen molar-refractivity contribution in [3.8, 4) is 11.5 Å². The SMILES string of the molecule is CCOC(=O)Cc1ccc(N2C(=O)C(=O)/C(=C(/O)c3cc(OC)c(Cl)cc3OC)C2c2cccc(C)c2)cc1. The fourth-order valence-corrected chi connectivity index (χ4v) is 4.83. The van der Waals surface area contributed by atoms with Crippen LogP contribution in [0.25, 0.3) is 5.76 Å². The van der Waals surface area contributed by atoms with Crippen LogP contribution in [0.2, 0.25) is 5.02 Å². The number of hydrogen-bond acceptors (Lipinski definition) is 7. The van der Waals surface area contributed by atoms with Crippen LogP contribution in [-0.2, 0) is 25.5 Å². The molecule has 1 unspecified atom stereocenters. The van der Waals surface area contributed by atoms with E-state index in [1.54, 1.807) is 37.3 Å². The Labute approximate surface area is 231 Å². The molecule has 202 valence electrons. The van der Waals surface area contributed by atoms with Crippen molar-refractivity contribution >= 4 is 40.7 Å². The van der Waals surface area contributed by atoms with Gasteiger partial charge in [-0.2, -0.15) is 0 Å². The highest BCUT2D eigenvalue weighted by molar-refractivity contribution is 6.51. The molecule has 3 aromatic rings. The second-order valence-corrected chi connectivity index (χ2v) is 9.33. The zero-order valence-corrected chi connectivity index (χ0v) is 22.7. The van der Waals surface area contributed by atoms with E-state index in [-0.39, 0.29) is 46.7 Å². The van der Waals surface area contributed by atoms with Crippen molar-refractivity contribution in [3.63, 3.8) is 0 Å². The van der Waals surface area contributed by atoms with Crippen LogP contribution in [0, 0.1) is 6.92 Å².